The van der Waals surface area contributed by atoms with Crippen molar-refractivity contribution in [2.75, 3.05) is 18.8 Å². The summed E-state index contributed by atoms with van der Waals surface area (Å²) in [6, 6.07) is 8.82. The molecule has 0 bridgehead atoms. The molecule has 2 aliphatic rings. The first-order valence-corrected chi connectivity index (χ1v) is 9.30. The second-order valence-electron chi connectivity index (χ2n) is 6.97. The maximum Gasteiger partial charge on any atom is 0.137 e. The Hall–Kier alpha value is -0.930. The Morgan fingerprint density at radius 3 is 3.10 bits per heavy atom. The molecular weight excluding hydrogens is 276 g/mol. The number of para-hydroxylation sites is 1. The lowest BCUT2D eigenvalue weighted by molar-refractivity contribution is -0.944. The summed E-state index contributed by atoms with van der Waals surface area (Å²) in [7, 11) is 0. The highest BCUT2D eigenvalue weighted by molar-refractivity contribution is 7.99. The molecule has 2 N–H and O–H groups in total. The Morgan fingerprint density at radius 1 is 1.38 bits per heavy atom. The molecule has 2 aliphatic heterocycles. The fourth-order valence-corrected chi connectivity index (χ4v) is 5.87. The Balaban J connectivity index is 1.83. The summed E-state index contributed by atoms with van der Waals surface area (Å²) in [5.74, 6) is 2.15. The third-order valence-corrected chi connectivity index (χ3v) is 6.69. The zero-order valence-electron chi connectivity index (χ0n) is 13.0. The number of hydrogen-bond donors (Lipinski definition) is 2. The van der Waals surface area contributed by atoms with E-state index in [0.717, 1.165) is 5.92 Å². The number of benzene rings is 1. The quantitative estimate of drug-likeness (QED) is 0.873. The molecule has 0 aliphatic carbocycles. The van der Waals surface area contributed by atoms with Crippen molar-refractivity contribution in [2.45, 2.75) is 43.5 Å². The van der Waals surface area contributed by atoms with Gasteiger partial charge in [0.1, 0.15) is 5.54 Å². The van der Waals surface area contributed by atoms with E-state index in [-0.39, 0.29) is 5.54 Å². The molecule has 0 radical (unpaired) electrons. The fraction of sp³-hybridized carbons (Fsp3) is 0.556. The first-order valence-electron chi connectivity index (χ1n) is 8.31. The summed E-state index contributed by atoms with van der Waals surface area (Å²) < 4.78 is 0. The van der Waals surface area contributed by atoms with Crippen molar-refractivity contribution in [1.29, 1.82) is 0 Å². The molecule has 112 valence electrons. The number of quaternary nitrogens is 1. The second-order valence-corrected chi connectivity index (χ2v) is 8.08. The highest BCUT2D eigenvalue weighted by Gasteiger charge is 2.50. The van der Waals surface area contributed by atoms with Crippen LogP contribution in [-0.4, -0.2) is 23.8 Å². The molecule has 1 aromatic heterocycles. The summed E-state index contributed by atoms with van der Waals surface area (Å²) >= 11 is 2.06. The molecule has 0 spiro atoms. The highest BCUT2D eigenvalue weighted by atomic mass is 32.2. The van der Waals surface area contributed by atoms with E-state index in [1.807, 2.05) is 0 Å². The van der Waals surface area contributed by atoms with Crippen molar-refractivity contribution in [3.8, 4) is 0 Å². The molecule has 1 aromatic carbocycles. The minimum absolute atomic E-state index is 0.289. The Bertz CT molecular complexity index is 662. The topological polar surface area (TPSA) is 20.2 Å². The van der Waals surface area contributed by atoms with Gasteiger partial charge in [-0.2, -0.15) is 0 Å². The molecule has 3 atom stereocenters. The van der Waals surface area contributed by atoms with Gasteiger partial charge in [-0.15, -0.1) is 11.8 Å². The number of nitrogens with one attached hydrogen (secondary N) is 2. The van der Waals surface area contributed by atoms with E-state index < -0.39 is 0 Å². The molecule has 1 saturated heterocycles. The summed E-state index contributed by atoms with van der Waals surface area (Å²) in [5, 5.41) is 1.43. The molecule has 0 saturated carbocycles. The fourth-order valence-electron chi connectivity index (χ4n) is 4.57. The number of aromatic amines is 1. The summed E-state index contributed by atoms with van der Waals surface area (Å²) in [4.78, 5) is 7.12. The van der Waals surface area contributed by atoms with E-state index in [4.69, 9.17) is 0 Å². The number of fused-ring (bicyclic) bond motifs is 5. The molecule has 1 fully saturated rings. The van der Waals surface area contributed by atoms with Crippen molar-refractivity contribution >= 4 is 22.7 Å². The van der Waals surface area contributed by atoms with Crippen LogP contribution in [0.3, 0.4) is 0 Å². The Kier molecular flexibility index (Phi) is 3.31. The summed E-state index contributed by atoms with van der Waals surface area (Å²) in [6.45, 7) is 7.49. The molecular formula is C18H25N2S+. The lowest BCUT2D eigenvalue weighted by Crippen LogP contribution is -3.16. The molecule has 2 nitrogen and oxygen atoms in total. The average Bonchev–Trinajstić information content (AvgIpc) is 2.96. The average molecular weight is 301 g/mol. The lowest BCUT2D eigenvalue weighted by atomic mass is 9.89. The first kappa shape index (κ1) is 13.7. The largest absolute Gasteiger partial charge is 0.352 e. The van der Waals surface area contributed by atoms with Gasteiger partial charge in [0.2, 0.25) is 0 Å². The van der Waals surface area contributed by atoms with E-state index in [0.29, 0.717) is 0 Å². The van der Waals surface area contributed by atoms with Crippen LogP contribution in [-0.2, 0) is 5.54 Å². The zero-order valence-corrected chi connectivity index (χ0v) is 13.9. The third-order valence-electron chi connectivity index (χ3n) is 5.57. The van der Waals surface area contributed by atoms with E-state index in [2.05, 4.69) is 54.9 Å². The minimum Gasteiger partial charge on any atom is -0.352 e. The number of H-pyrrole nitrogens is 1. The molecule has 21 heavy (non-hydrogen) atoms. The maximum absolute atomic E-state index is 3.79. The van der Waals surface area contributed by atoms with Crippen molar-refractivity contribution in [3.05, 3.63) is 30.0 Å². The number of rotatable bonds is 2. The van der Waals surface area contributed by atoms with Crippen molar-refractivity contribution < 1.29 is 4.90 Å². The van der Waals surface area contributed by atoms with Gasteiger partial charge in [-0.3, -0.25) is 0 Å². The standard InChI is InChI=1S/C18H24N2S/c1-3-6-13-11-18(2)17-16(21-10-9-20(18)12-13)14-7-4-5-8-15(14)19-17/h4-5,7-8,13,19H,3,6,9-12H2,1-2H3/p+1/t13-,18-/m1/s1. The lowest BCUT2D eigenvalue weighted by Gasteiger charge is -2.29. The van der Waals surface area contributed by atoms with E-state index in [1.54, 1.807) is 4.90 Å². The third kappa shape index (κ3) is 2.05. The van der Waals surface area contributed by atoms with Crippen LogP contribution < -0.4 is 4.90 Å². The van der Waals surface area contributed by atoms with Gasteiger partial charge in [0.25, 0.3) is 0 Å². The van der Waals surface area contributed by atoms with Gasteiger partial charge >= 0.3 is 0 Å². The van der Waals surface area contributed by atoms with E-state index >= 15 is 0 Å². The molecule has 4 rings (SSSR count). The summed E-state index contributed by atoms with van der Waals surface area (Å²) in [5.41, 5.74) is 3.12. The normalized spacial score (nSPS) is 31.9. The van der Waals surface area contributed by atoms with Gasteiger partial charge in [0.15, 0.2) is 0 Å². The van der Waals surface area contributed by atoms with Gasteiger partial charge in [0, 0.05) is 33.9 Å². The maximum atomic E-state index is 3.79. The number of hydrogen-bond acceptors (Lipinski definition) is 1. The molecule has 2 aromatic rings. The summed E-state index contributed by atoms with van der Waals surface area (Å²) in [6.07, 6.45) is 4.06. The van der Waals surface area contributed by atoms with Crippen LogP contribution in [0.5, 0.6) is 0 Å². The second kappa shape index (κ2) is 5.06. The predicted molar refractivity (Wildman–Crippen MR) is 90.1 cm³/mol. The van der Waals surface area contributed by atoms with Crippen LogP contribution in [0.15, 0.2) is 29.2 Å². The molecule has 0 amide bonds. The highest BCUT2D eigenvalue weighted by Crippen LogP contribution is 2.42. The number of aromatic nitrogens is 1. The van der Waals surface area contributed by atoms with Gasteiger partial charge in [-0.05, 0) is 19.4 Å². The van der Waals surface area contributed by atoms with Crippen molar-refractivity contribution in [3.63, 3.8) is 0 Å². The van der Waals surface area contributed by atoms with Gasteiger partial charge in [-0.25, -0.2) is 0 Å². The zero-order chi connectivity index (χ0) is 14.4. The first-order chi connectivity index (χ1) is 10.2. The smallest absolute Gasteiger partial charge is 0.137 e. The van der Waals surface area contributed by atoms with Crippen molar-refractivity contribution in [1.82, 2.24) is 4.98 Å². The van der Waals surface area contributed by atoms with Crippen LogP contribution in [0.2, 0.25) is 0 Å². The van der Waals surface area contributed by atoms with Crippen LogP contribution in [0, 0.1) is 5.92 Å². The van der Waals surface area contributed by atoms with Crippen LogP contribution in [0.25, 0.3) is 10.9 Å². The van der Waals surface area contributed by atoms with Gasteiger partial charge in [0.05, 0.1) is 18.8 Å². The SMILES string of the molecule is CCC[C@H]1C[NH+]2CCSc3c([nH]c4ccccc34)[C@@]2(C)C1. The Labute approximate surface area is 131 Å². The molecule has 3 heteroatoms. The van der Waals surface area contributed by atoms with Gasteiger partial charge < -0.3 is 9.88 Å². The van der Waals surface area contributed by atoms with E-state index in [9.17, 15) is 0 Å². The Morgan fingerprint density at radius 2 is 2.24 bits per heavy atom. The minimum atomic E-state index is 0.289. The van der Waals surface area contributed by atoms with Crippen LogP contribution in [0.4, 0.5) is 0 Å². The molecule has 1 unspecified atom stereocenters. The van der Waals surface area contributed by atoms with E-state index in [1.165, 1.54) is 59.6 Å². The van der Waals surface area contributed by atoms with Crippen molar-refractivity contribution in [2.24, 2.45) is 5.92 Å². The molecule has 3 heterocycles. The van der Waals surface area contributed by atoms with Crippen LogP contribution in [0.1, 0.15) is 38.8 Å². The monoisotopic (exact) mass is 301 g/mol. The van der Waals surface area contributed by atoms with Gasteiger partial charge in [-0.1, -0.05) is 31.5 Å². The number of thioether (sulfide) groups is 1. The van der Waals surface area contributed by atoms with Crippen LogP contribution >= 0.6 is 11.8 Å². The predicted octanol–water partition coefficient (Wildman–Crippen LogP) is 3.19.